The van der Waals surface area contributed by atoms with Gasteiger partial charge >= 0.3 is 7.60 Å². The van der Waals surface area contributed by atoms with Crippen LogP contribution in [-0.2, 0) is 31.5 Å². The summed E-state index contributed by atoms with van der Waals surface area (Å²) in [7, 11) is 1.36. The van der Waals surface area contributed by atoms with Gasteiger partial charge in [-0.1, -0.05) is 54.6 Å². The summed E-state index contributed by atoms with van der Waals surface area (Å²) >= 11 is 0. The summed E-state index contributed by atoms with van der Waals surface area (Å²) in [6.45, 7) is 0.429. The molecule has 0 saturated carbocycles. The highest BCUT2D eigenvalue weighted by atomic mass is 31.2. The van der Waals surface area contributed by atoms with Gasteiger partial charge < -0.3 is 18.5 Å². The third kappa shape index (κ3) is 7.75. The molecule has 0 aromatic heterocycles. The van der Waals surface area contributed by atoms with Crippen LogP contribution in [0.4, 0.5) is 0 Å². The Morgan fingerprint density at radius 1 is 0.824 bits per heavy atom. The summed E-state index contributed by atoms with van der Waals surface area (Å²) in [5.41, 5.74) is 6.55. The SMILES string of the molecule is CONC(=COc1ccc(COc2ccc(CCP(=O)(OC)OC)cc2)cc1)c1ccccc1. The fourth-order valence-corrected chi connectivity index (χ4v) is 4.16. The van der Waals surface area contributed by atoms with Crippen molar-refractivity contribution in [3.8, 4) is 11.5 Å². The Hall–Kier alpha value is -3.09. The molecular formula is C26H30NO6P. The predicted octanol–water partition coefficient (Wildman–Crippen LogP) is 5.82. The highest BCUT2D eigenvalue weighted by Gasteiger charge is 2.20. The Balaban J connectivity index is 1.51. The van der Waals surface area contributed by atoms with Crippen molar-refractivity contribution in [3.63, 3.8) is 0 Å². The maximum Gasteiger partial charge on any atom is 0.330 e. The van der Waals surface area contributed by atoms with Gasteiger partial charge in [-0.25, -0.2) is 0 Å². The zero-order chi connectivity index (χ0) is 24.2. The number of ether oxygens (including phenoxy) is 2. The highest BCUT2D eigenvalue weighted by molar-refractivity contribution is 7.53. The molecule has 3 aromatic rings. The first-order valence-electron chi connectivity index (χ1n) is 10.8. The Morgan fingerprint density at radius 3 is 2.06 bits per heavy atom. The van der Waals surface area contributed by atoms with Crippen molar-refractivity contribution in [2.45, 2.75) is 13.0 Å². The molecule has 0 spiro atoms. The van der Waals surface area contributed by atoms with Crippen LogP contribution in [0, 0.1) is 0 Å². The van der Waals surface area contributed by atoms with Gasteiger partial charge in [0.2, 0.25) is 0 Å². The molecule has 0 aliphatic heterocycles. The van der Waals surface area contributed by atoms with Gasteiger partial charge in [-0.3, -0.25) is 14.9 Å². The standard InChI is InChI=1S/C26H30NO6P/c1-29-27-26(23-7-5-4-6-8-23)20-33-25-15-11-22(12-16-25)19-32-24-13-9-21(10-14-24)17-18-34(28,30-2)31-3/h4-16,20,27H,17-19H2,1-3H3. The molecule has 0 amide bonds. The quantitative estimate of drug-likeness (QED) is 0.186. The summed E-state index contributed by atoms with van der Waals surface area (Å²) in [5.74, 6) is 1.45. The van der Waals surface area contributed by atoms with Gasteiger partial charge in [0.25, 0.3) is 0 Å². The normalized spacial score (nSPS) is 11.8. The fourth-order valence-electron chi connectivity index (χ4n) is 3.11. The molecule has 34 heavy (non-hydrogen) atoms. The molecule has 3 rings (SSSR count). The molecule has 8 heteroatoms. The third-order valence-corrected chi connectivity index (χ3v) is 6.98. The molecule has 0 radical (unpaired) electrons. The van der Waals surface area contributed by atoms with E-state index >= 15 is 0 Å². The van der Waals surface area contributed by atoms with Crippen LogP contribution in [0.3, 0.4) is 0 Å². The molecule has 0 bridgehead atoms. The molecule has 0 heterocycles. The molecule has 0 unspecified atom stereocenters. The van der Waals surface area contributed by atoms with E-state index in [1.807, 2.05) is 78.9 Å². The molecule has 0 fully saturated rings. The zero-order valence-corrected chi connectivity index (χ0v) is 20.5. The number of aryl methyl sites for hydroxylation is 1. The second-order valence-corrected chi connectivity index (χ2v) is 9.75. The number of hydrogen-bond acceptors (Lipinski definition) is 7. The topological polar surface area (TPSA) is 75.2 Å². The maximum absolute atomic E-state index is 12.2. The lowest BCUT2D eigenvalue weighted by molar-refractivity contribution is 0.135. The molecular weight excluding hydrogens is 453 g/mol. The van der Waals surface area contributed by atoms with Gasteiger partial charge in [0.05, 0.1) is 13.3 Å². The van der Waals surface area contributed by atoms with E-state index in [4.69, 9.17) is 23.4 Å². The summed E-state index contributed by atoms with van der Waals surface area (Å²) < 4.78 is 33.8. The molecule has 3 aromatic carbocycles. The van der Waals surface area contributed by atoms with E-state index in [2.05, 4.69) is 5.48 Å². The van der Waals surface area contributed by atoms with E-state index < -0.39 is 7.60 Å². The lowest BCUT2D eigenvalue weighted by atomic mass is 10.2. The van der Waals surface area contributed by atoms with Crippen molar-refractivity contribution in [1.29, 1.82) is 0 Å². The monoisotopic (exact) mass is 483 g/mol. The highest BCUT2D eigenvalue weighted by Crippen LogP contribution is 2.46. The minimum absolute atomic E-state index is 0.332. The third-order valence-electron chi connectivity index (χ3n) is 5.09. The van der Waals surface area contributed by atoms with Crippen LogP contribution < -0.4 is 15.0 Å². The maximum atomic E-state index is 12.2. The molecule has 0 saturated heterocycles. The second kappa shape index (κ2) is 13.0. The zero-order valence-electron chi connectivity index (χ0n) is 19.6. The summed E-state index contributed by atoms with van der Waals surface area (Å²) in [4.78, 5) is 5.05. The van der Waals surface area contributed by atoms with Crippen LogP contribution in [-0.4, -0.2) is 27.5 Å². The number of nitrogens with one attached hydrogen (secondary N) is 1. The lowest BCUT2D eigenvalue weighted by Gasteiger charge is -2.13. The van der Waals surface area contributed by atoms with Crippen LogP contribution in [0.2, 0.25) is 0 Å². The first-order chi connectivity index (χ1) is 16.5. The van der Waals surface area contributed by atoms with Crippen molar-refractivity contribution < 1.29 is 27.9 Å². The van der Waals surface area contributed by atoms with Crippen molar-refractivity contribution in [2.24, 2.45) is 0 Å². The Labute approximate surface area is 200 Å². The average Bonchev–Trinajstić information content (AvgIpc) is 2.90. The van der Waals surface area contributed by atoms with Crippen molar-refractivity contribution in [1.82, 2.24) is 5.48 Å². The smallest absolute Gasteiger partial charge is 0.330 e. The van der Waals surface area contributed by atoms with Gasteiger partial charge in [0, 0.05) is 19.8 Å². The molecule has 1 N–H and O–H groups in total. The van der Waals surface area contributed by atoms with Crippen LogP contribution in [0.1, 0.15) is 16.7 Å². The predicted molar refractivity (Wildman–Crippen MR) is 133 cm³/mol. The van der Waals surface area contributed by atoms with E-state index in [0.29, 0.717) is 30.6 Å². The number of hydrogen-bond donors (Lipinski definition) is 1. The number of hydroxylamine groups is 1. The van der Waals surface area contributed by atoms with Crippen LogP contribution in [0.15, 0.2) is 85.1 Å². The largest absolute Gasteiger partial charge is 0.489 e. The van der Waals surface area contributed by atoms with E-state index in [1.54, 1.807) is 13.4 Å². The Bertz CT molecular complexity index is 1080. The van der Waals surface area contributed by atoms with E-state index in [9.17, 15) is 4.57 Å². The van der Waals surface area contributed by atoms with Crippen molar-refractivity contribution >= 4 is 13.3 Å². The molecule has 0 aliphatic rings. The lowest BCUT2D eigenvalue weighted by Crippen LogP contribution is -2.11. The average molecular weight is 484 g/mol. The van der Waals surface area contributed by atoms with E-state index in [-0.39, 0.29) is 0 Å². The Kier molecular flexibility index (Phi) is 9.74. The summed E-state index contributed by atoms with van der Waals surface area (Å²) in [6, 6.07) is 25.2. The van der Waals surface area contributed by atoms with Gasteiger partial charge in [0.1, 0.15) is 30.1 Å². The summed E-state index contributed by atoms with van der Waals surface area (Å²) in [6.07, 6.45) is 2.54. The molecule has 0 aliphatic carbocycles. The van der Waals surface area contributed by atoms with Crippen LogP contribution in [0.25, 0.3) is 5.70 Å². The van der Waals surface area contributed by atoms with Crippen molar-refractivity contribution in [3.05, 3.63) is 102 Å². The number of rotatable bonds is 13. The second-order valence-electron chi connectivity index (χ2n) is 7.35. The van der Waals surface area contributed by atoms with E-state index in [1.165, 1.54) is 14.2 Å². The van der Waals surface area contributed by atoms with Gasteiger partial charge in [-0.05, 0) is 41.8 Å². The fraction of sp³-hybridized carbons (Fsp3) is 0.231. The summed E-state index contributed by atoms with van der Waals surface area (Å²) in [5, 5.41) is 0. The first-order valence-corrected chi connectivity index (χ1v) is 12.5. The van der Waals surface area contributed by atoms with Crippen LogP contribution >= 0.6 is 7.60 Å². The van der Waals surface area contributed by atoms with Gasteiger partial charge in [0.15, 0.2) is 0 Å². The molecule has 7 nitrogen and oxygen atoms in total. The van der Waals surface area contributed by atoms with Gasteiger partial charge in [-0.2, -0.15) is 0 Å². The number of benzene rings is 3. The molecule has 0 atom stereocenters. The van der Waals surface area contributed by atoms with Crippen LogP contribution in [0.5, 0.6) is 11.5 Å². The minimum Gasteiger partial charge on any atom is -0.489 e. The van der Waals surface area contributed by atoms with Gasteiger partial charge in [-0.15, -0.1) is 0 Å². The first kappa shape index (κ1) is 25.5. The van der Waals surface area contributed by atoms with E-state index in [0.717, 1.165) is 22.4 Å². The molecule has 180 valence electrons. The van der Waals surface area contributed by atoms with Crippen molar-refractivity contribution in [2.75, 3.05) is 27.5 Å². The Morgan fingerprint density at radius 2 is 1.44 bits per heavy atom. The minimum atomic E-state index is -3.00.